The summed E-state index contributed by atoms with van der Waals surface area (Å²) in [5.74, 6) is -0.240. The van der Waals surface area contributed by atoms with Crippen molar-refractivity contribution in [3.8, 4) is 5.88 Å². The first-order valence-electron chi connectivity index (χ1n) is 14.9. The summed E-state index contributed by atoms with van der Waals surface area (Å²) < 4.78 is 41.8. The molecule has 1 aliphatic rings. The molecule has 2 N–H and O–H groups in total. The summed E-state index contributed by atoms with van der Waals surface area (Å²) in [6.45, 7) is 23.9. The predicted molar refractivity (Wildman–Crippen MR) is 165 cm³/mol. The highest BCUT2D eigenvalue weighted by molar-refractivity contribution is 6.74. The number of fused-ring (bicyclic) bond motifs is 1. The number of ether oxygens (including phenoxy) is 3. The van der Waals surface area contributed by atoms with Gasteiger partial charge in [-0.05, 0) is 42.7 Å². The summed E-state index contributed by atoms with van der Waals surface area (Å²) in [5.41, 5.74) is 6.80. The summed E-state index contributed by atoms with van der Waals surface area (Å²) in [7, 11) is -3.06. The van der Waals surface area contributed by atoms with Crippen molar-refractivity contribution in [2.45, 2.75) is 129 Å². The number of hydrogen-bond acceptors (Lipinski definition) is 10. The van der Waals surface area contributed by atoms with Gasteiger partial charge in [-0.2, -0.15) is 9.97 Å². The molecule has 3 heterocycles. The van der Waals surface area contributed by atoms with Crippen LogP contribution in [-0.2, 0) is 23.1 Å². The summed E-state index contributed by atoms with van der Waals surface area (Å²) in [4.78, 5) is 26.3. The number of anilines is 1. The van der Waals surface area contributed by atoms with Gasteiger partial charge in [0.05, 0.1) is 20.0 Å². The summed E-state index contributed by atoms with van der Waals surface area (Å²) in [6, 6.07) is 0. The molecule has 0 radical (unpaired) electrons. The fraction of sp³-hybridized carbons (Fsp3) is 0.786. The van der Waals surface area contributed by atoms with Crippen LogP contribution in [0, 0.1) is 0 Å². The van der Waals surface area contributed by atoms with Gasteiger partial charge in [0.25, 0.3) is 0 Å². The molecule has 1 saturated heterocycles. The zero-order chi connectivity index (χ0) is 31.8. The Morgan fingerprint density at radius 3 is 2.29 bits per heavy atom. The fourth-order valence-corrected chi connectivity index (χ4v) is 6.39. The molecule has 1 fully saturated rings. The molecular formula is C28H51N5O6Si2. The zero-order valence-electron chi connectivity index (χ0n) is 27.9. The average Bonchev–Trinajstić information content (AvgIpc) is 3.41. The molecule has 3 rings (SSSR count). The topological polar surface area (TPSA) is 133 Å². The molecule has 0 amide bonds. The van der Waals surface area contributed by atoms with Crippen molar-refractivity contribution in [1.29, 1.82) is 0 Å². The lowest BCUT2D eigenvalue weighted by Gasteiger charge is -2.41. The molecule has 13 heteroatoms. The highest BCUT2D eigenvalue weighted by Crippen LogP contribution is 2.44. The smallest absolute Gasteiger partial charge is 0.306 e. The Hall–Kier alpha value is -2.07. The standard InChI is InChI=1S/C28H51N5O6Si2/c1-13-14-15-19(34)38-22-21(39-41(11,12)28(5,6)7)18(16-36-40(9,10)27(2,3)4)37-25(22)33-17-30-20-23(33)31-26(29)32-24(20)35-8/h17-18,21-22,25H,13-16H2,1-12H3,(H2,29,31,32)/t18-,21-,22+,25?/m1/s1/i14D/t14?,18-,21-,22+,25?. The van der Waals surface area contributed by atoms with Crippen LogP contribution in [0.25, 0.3) is 11.2 Å². The Bertz CT molecular complexity index is 1250. The highest BCUT2D eigenvalue weighted by Gasteiger charge is 2.54. The van der Waals surface area contributed by atoms with Gasteiger partial charge in [0.15, 0.2) is 40.1 Å². The Morgan fingerprint density at radius 1 is 1.10 bits per heavy atom. The maximum atomic E-state index is 13.2. The van der Waals surface area contributed by atoms with Crippen molar-refractivity contribution in [2.24, 2.45) is 0 Å². The lowest BCUT2D eigenvalue weighted by molar-refractivity contribution is -0.158. The molecule has 5 atom stereocenters. The molecule has 2 unspecified atom stereocenters. The minimum Gasteiger partial charge on any atom is -0.479 e. The molecule has 41 heavy (non-hydrogen) atoms. The van der Waals surface area contributed by atoms with E-state index in [1.807, 2.05) is 6.92 Å². The molecule has 232 valence electrons. The van der Waals surface area contributed by atoms with Gasteiger partial charge in [-0.25, -0.2) is 4.98 Å². The van der Waals surface area contributed by atoms with Crippen molar-refractivity contribution >= 4 is 39.7 Å². The third kappa shape index (κ3) is 7.30. The van der Waals surface area contributed by atoms with E-state index in [2.05, 4.69) is 82.7 Å². The van der Waals surface area contributed by atoms with E-state index >= 15 is 0 Å². The second kappa shape index (κ2) is 12.3. The number of nitrogen functional groups attached to an aromatic ring is 1. The lowest BCUT2D eigenvalue weighted by atomic mass is 10.1. The number of hydrogen-bond donors (Lipinski definition) is 1. The Morgan fingerprint density at radius 2 is 1.73 bits per heavy atom. The predicted octanol–water partition coefficient (Wildman–Crippen LogP) is 5.83. The molecule has 2 aromatic heterocycles. The van der Waals surface area contributed by atoms with Crippen molar-refractivity contribution in [3.63, 3.8) is 0 Å². The molecule has 0 bridgehead atoms. The highest BCUT2D eigenvalue weighted by atomic mass is 28.4. The molecule has 0 spiro atoms. The van der Waals surface area contributed by atoms with Gasteiger partial charge in [0, 0.05) is 7.79 Å². The number of carbonyl (C=O) groups is 1. The van der Waals surface area contributed by atoms with Gasteiger partial charge in [0.1, 0.15) is 12.2 Å². The second-order valence-electron chi connectivity index (χ2n) is 13.7. The van der Waals surface area contributed by atoms with Crippen LogP contribution in [0.15, 0.2) is 6.33 Å². The van der Waals surface area contributed by atoms with Crippen molar-refractivity contribution < 1.29 is 29.2 Å². The summed E-state index contributed by atoms with van der Waals surface area (Å²) in [6.07, 6.45) is -1.38. The Kier molecular flexibility index (Phi) is 9.54. The normalized spacial score (nSPS) is 23.5. The van der Waals surface area contributed by atoms with E-state index in [9.17, 15) is 4.79 Å². The number of methoxy groups -OCH3 is 1. The monoisotopic (exact) mass is 610 g/mol. The minimum absolute atomic E-state index is 0.0124. The second-order valence-corrected chi connectivity index (χ2v) is 23.3. The van der Waals surface area contributed by atoms with E-state index in [-0.39, 0.29) is 34.9 Å². The quantitative estimate of drug-likeness (QED) is 0.245. The van der Waals surface area contributed by atoms with E-state index in [1.165, 1.54) is 7.11 Å². The first kappa shape index (κ1) is 31.9. The van der Waals surface area contributed by atoms with Crippen LogP contribution in [0.5, 0.6) is 5.88 Å². The van der Waals surface area contributed by atoms with Crippen LogP contribution in [0.2, 0.25) is 36.3 Å². The van der Waals surface area contributed by atoms with Gasteiger partial charge >= 0.3 is 5.97 Å². The molecule has 1 aliphatic heterocycles. The van der Waals surface area contributed by atoms with Gasteiger partial charge in [-0.1, -0.05) is 54.9 Å². The minimum atomic E-state index is -2.39. The first-order chi connectivity index (χ1) is 19.2. The van der Waals surface area contributed by atoms with Gasteiger partial charge in [-0.3, -0.25) is 9.36 Å². The van der Waals surface area contributed by atoms with Crippen molar-refractivity contribution in [1.82, 2.24) is 19.5 Å². The van der Waals surface area contributed by atoms with Crippen LogP contribution in [0.3, 0.4) is 0 Å². The van der Waals surface area contributed by atoms with E-state index in [0.717, 1.165) is 0 Å². The SMILES string of the molecule is [2H]C(CC)CC(=O)O[C@@H]1C(n2cnc3c(OC)nc(N)nc32)O[C@H](CO[Si](C)(C)C(C)(C)C)[C@H]1O[Si](C)(C)C(C)(C)C. The third-order valence-electron chi connectivity index (χ3n) is 8.68. The molecule has 0 aromatic carbocycles. The molecule has 0 aliphatic carbocycles. The van der Waals surface area contributed by atoms with Gasteiger partial charge < -0.3 is 28.8 Å². The molecule has 11 nitrogen and oxygen atoms in total. The lowest BCUT2D eigenvalue weighted by Crippen LogP contribution is -2.51. The Balaban J connectivity index is 2.13. The number of imidazole rings is 1. The van der Waals surface area contributed by atoms with Gasteiger partial charge in [-0.15, -0.1) is 0 Å². The number of aromatic nitrogens is 4. The number of carbonyl (C=O) groups excluding carboxylic acids is 1. The number of nitrogens with zero attached hydrogens (tertiary/aromatic N) is 4. The molecule has 2 aromatic rings. The molecule has 0 saturated carbocycles. The fourth-order valence-electron chi connectivity index (χ4n) is 4.06. The van der Waals surface area contributed by atoms with E-state index < -0.39 is 53.5 Å². The maximum Gasteiger partial charge on any atom is 0.306 e. The van der Waals surface area contributed by atoms with E-state index in [4.69, 9.17) is 30.2 Å². The average molecular weight is 611 g/mol. The van der Waals surface area contributed by atoms with Crippen LogP contribution in [0.1, 0.15) is 75.3 Å². The summed E-state index contributed by atoms with van der Waals surface area (Å²) >= 11 is 0. The first-order valence-corrected chi connectivity index (χ1v) is 20.2. The Labute approximate surface area is 248 Å². The zero-order valence-corrected chi connectivity index (χ0v) is 28.9. The largest absolute Gasteiger partial charge is 0.479 e. The number of rotatable bonds is 11. The van der Waals surface area contributed by atoms with E-state index in [1.54, 1.807) is 10.9 Å². The van der Waals surface area contributed by atoms with Crippen LogP contribution >= 0.6 is 0 Å². The number of esters is 1. The van der Waals surface area contributed by atoms with Crippen LogP contribution in [-0.4, -0.2) is 74.2 Å². The van der Waals surface area contributed by atoms with E-state index in [0.29, 0.717) is 17.6 Å². The van der Waals surface area contributed by atoms with Crippen LogP contribution < -0.4 is 10.5 Å². The van der Waals surface area contributed by atoms with Crippen LogP contribution in [0.4, 0.5) is 5.95 Å². The third-order valence-corrected chi connectivity index (χ3v) is 17.7. The number of nitrogens with two attached hydrogens (primary N) is 1. The maximum absolute atomic E-state index is 13.2. The molecular weight excluding hydrogens is 559 g/mol. The van der Waals surface area contributed by atoms with Crippen molar-refractivity contribution in [2.75, 3.05) is 19.5 Å². The van der Waals surface area contributed by atoms with Gasteiger partial charge in [0.2, 0.25) is 11.8 Å². The van der Waals surface area contributed by atoms with Crippen molar-refractivity contribution in [3.05, 3.63) is 6.33 Å². The summed E-state index contributed by atoms with van der Waals surface area (Å²) in [5, 5.41) is -0.128.